The van der Waals surface area contributed by atoms with Crippen molar-refractivity contribution in [3.05, 3.63) is 70.9 Å². The number of halogens is 1. The molecule has 0 saturated carbocycles. The minimum absolute atomic E-state index is 0.167. The lowest BCUT2D eigenvalue weighted by molar-refractivity contribution is 0.0600. The number of methoxy groups -OCH3 is 1. The Morgan fingerprint density at radius 3 is 2.74 bits per heavy atom. The number of hydrogen-bond donors (Lipinski definition) is 1. The van der Waals surface area contributed by atoms with E-state index >= 15 is 0 Å². The van der Waals surface area contributed by atoms with Crippen molar-refractivity contribution in [1.29, 1.82) is 0 Å². The molecule has 0 unspecified atom stereocenters. The average Bonchev–Trinajstić information content (AvgIpc) is 2.70. The Morgan fingerprint density at radius 1 is 1.22 bits per heavy atom. The minimum Gasteiger partial charge on any atom is -0.465 e. The molecule has 0 atom stereocenters. The summed E-state index contributed by atoms with van der Waals surface area (Å²) in [5.41, 5.74) is 3.11. The quantitative estimate of drug-likeness (QED) is 0.694. The fourth-order valence-electron chi connectivity index (χ4n) is 2.56. The number of aryl methyl sites for hydroxylation is 1. The predicted molar refractivity (Wildman–Crippen MR) is 99.8 cm³/mol. The predicted octanol–water partition coefficient (Wildman–Crippen LogP) is 3.69. The second kappa shape index (κ2) is 7.90. The van der Waals surface area contributed by atoms with Gasteiger partial charge >= 0.3 is 5.97 Å². The number of pyridine rings is 1. The Hall–Kier alpha value is -3.35. The van der Waals surface area contributed by atoms with Gasteiger partial charge in [0.2, 0.25) is 0 Å². The molecule has 0 radical (unpaired) electrons. The SMILES string of the molecule is COC(=O)c1ccc(F)c(CNc2nc(-c3cccnc3)nc(C)c2C)c1. The third-order valence-corrected chi connectivity index (χ3v) is 4.22. The maximum atomic E-state index is 14.1. The van der Waals surface area contributed by atoms with Gasteiger partial charge in [0.25, 0.3) is 0 Å². The van der Waals surface area contributed by atoms with Gasteiger partial charge in [-0.2, -0.15) is 0 Å². The zero-order chi connectivity index (χ0) is 19.4. The summed E-state index contributed by atoms with van der Waals surface area (Å²) >= 11 is 0. The van der Waals surface area contributed by atoms with E-state index in [-0.39, 0.29) is 6.54 Å². The van der Waals surface area contributed by atoms with Crippen molar-refractivity contribution >= 4 is 11.8 Å². The maximum absolute atomic E-state index is 14.1. The van der Waals surface area contributed by atoms with Crippen molar-refractivity contribution in [2.24, 2.45) is 0 Å². The zero-order valence-corrected chi connectivity index (χ0v) is 15.3. The van der Waals surface area contributed by atoms with Crippen LogP contribution in [0.5, 0.6) is 0 Å². The lowest BCUT2D eigenvalue weighted by atomic mass is 10.1. The number of rotatable bonds is 5. The Kier molecular flexibility index (Phi) is 5.40. The number of hydrogen-bond acceptors (Lipinski definition) is 6. The summed E-state index contributed by atoms with van der Waals surface area (Å²) in [7, 11) is 1.29. The summed E-state index contributed by atoms with van der Waals surface area (Å²) < 4.78 is 18.8. The molecule has 2 heterocycles. The van der Waals surface area contributed by atoms with E-state index in [9.17, 15) is 9.18 Å². The molecule has 3 aromatic rings. The van der Waals surface area contributed by atoms with Crippen LogP contribution in [0.1, 0.15) is 27.2 Å². The summed E-state index contributed by atoms with van der Waals surface area (Å²) in [4.78, 5) is 24.8. The summed E-state index contributed by atoms with van der Waals surface area (Å²) in [6.07, 6.45) is 3.37. The number of esters is 1. The number of ether oxygens (including phenoxy) is 1. The molecule has 2 aromatic heterocycles. The van der Waals surface area contributed by atoms with E-state index in [4.69, 9.17) is 0 Å². The molecule has 0 spiro atoms. The summed E-state index contributed by atoms with van der Waals surface area (Å²) in [6, 6.07) is 7.81. The normalized spacial score (nSPS) is 10.5. The van der Waals surface area contributed by atoms with Crippen molar-refractivity contribution in [3.63, 3.8) is 0 Å². The summed E-state index contributed by atoms with van der Waals surface area (Å²) in [5.74, 6) is 0.219. The van der Waals surface area contributed by atoms with Crippen LogP contribution in [0.25, 0.3) is 11.4 Å². The van der Waals surface area contributed by atoms with E-state index in [1.54, 1.807) is 12.4 Å². The third kappa shape index (κ3) is 4.08. The fourth-order valence-corrected chi connectivity index (χ4v) is 2.56. The zero-order valence-electron chi connectivity index (χ0n) is 15.3. The number of anilines is 1. The van der Waals surface area contributed by atoms with Crippen molar-refractivity contribution < 1.29 is 13.9 Å². The van der Waals surface area contributed by atoms with Gasteiger partial charge in [-0.15, -0.1) is 0 Å². The molecule has 1 aromatic carbocycles. The van der Waals surface area contributed by atoms with Gasteiger partial charge in [0.1, 0.15) is 11.6 Å². The van der Waals surface area contributed by atoms with Gasteiger partial charge in [-0.05, 0) is 44.2 Å². The maximum Gasteiger partial charge on any atom is 0.337 e. The first-order valence-corrected chi connectivity index (χ1v) is 8.36. The molecule has 6 nitrogen and oxygen atoms in total. The molecular weight excluding hydrogens is 347 g/mol. The Morgan fingerprint density at radius 2 is 2.04 bits per heavy atom. The van der Waals surface area contributed by atoms with Crippen LogP contribution in [0.4, 0.5) is 10.2 Å². The second-order valence-corrected chi connectivity index (χ2v) is 6.00. The topological polar surface area (TPSA) is 77.0 Å². The number of benzene rings is 1. The van der Waals surface area contributed by atoms with E-state index in [1.807, 2.05) is 26.0 Å². The number of aromatic nitrogens is 3. The largest absolute Gasteiger partial charge is 0.465 e. The molecule has 0 fully saturated rings. The Bertz CT molecular complexity index is 977. The van der Waals surface area contributed by atoms with Crippen LogP contribution in [0.15, 0.2) is 42.7 Å². The molecule has 7 heteroatoms. The van der Waals surface area contributed by atoms with Crippen LogP contribution >= 0.6 is 0 Å². The third-order valence-electron chi connectivity index (χ3n) is 4.22. The van der Waals surface area contributed by atoms with Gasteiger partial charge in [0.15, 0.2) is 5.82 Å². The molecule has 27 heavy (non-hydrogen) atoms. The highest BCUT2D eigenvalue weighted by Crippen LogP contribution is 2.22. The van der Waals surface area contributed by atoms with Gasteiger partial charge in [0, 0.05) is 41.3 Å². The van der Waals surface area contributed by atoms with Gasteiger partial charge in [-0.1, -0.05) is 0 Å². The van der Waals surface area contributed by atoms with Crippen LogP contribution in [0, 0.1) is 19.7 Å². The highest BCUT2D eigenvalue weighted by atomic mass is 19.1. The highest BCUT2D eigenvalue weighted by Gasteiger charge is 2.13. The van der Waals surface area contributed by atoms with E-state index in [2.05, 4.69) is 25.0 Å². The van der Waals surface area contributed by atoms with Crippen LogP contribution < -0.4 is 5.32 Å². The van der Waals surface area contributed by atoms with Crippen molar-refractivity contribution in [2.45, 2.75) is 20.4 Å². The van der Waals surface area contributed by atoms with Crippen LogP contribution in [0.2, 0.25) is 0 Å². The monoisotopic (exact) mass is 366 g/mol. The minimum atomic E-state index is -0.510. The molecule has 138 valence electrons. The first kappa shape index (κ1) is 18.4. The highest BCUT2D eigenvalue weighted by molar-refractivity contribution is 5.89. The number of nitrogens with zero attached hydrogens (tertiary/aromatic N) is 3. The molecule has 0 aliphatic carbocycles. The van der Waals surface area contributed by atoms with Crippen molar-refractivity contribution in [2.75, 3.05) is 12.4 Å². The van der Waals surface area contributed by atoms with Crippen LogP contribution in [-0.2, 0) is 11.3 Å². The number of carbonyl (C=O) groups is 1. The molecule has 0 amide bonds. The lowest BCUT2D eigenvalue weighted by Gasteiger charge is -2.13. The molecule has 0 saturated heterocycles. The molecule has 1 N–H and O–H groups in total. The van der Waals surface area contributed by atoms with Gasteiger partial charge in [-0.25, -0.2) is 19.2 Å². The smallest absolute Gasteiger partial charge is 0.337 e. The van der Waals surface area contributed by atoms with Gasteiger partial charge < -0.3 is 10.1 Å². The molecule has 0 aliphatic heterocycles. The van der Waals surface area contributed by atoms with Crippen LogP contribution in [-0.4, -0.2) is 28.0 Å². The number of nitrogens with one attached hydrogen (secondary N) is 1. The summed E-state index contributed by atoms with van der Waals surface area (Å²) in [6.45, 7) is 3.95. The molecule has 0 bridgehead atoms. The first-order chi connectivity index (χ1) is 13.0. The van der Waals surface area contributed by atoms with Crippen LogP contribution in [0.3, 0.4) is 0 Å². The van der Waals surface area contributed by atoms with Gasteiger partial charge in [0.05, 0.1) is 12.7 Å². The van der Waals surface area contributed by atoms with E-state index in [1.165, 1.54) is 25.3 Å². The standard InChI is InChI=1S/C20H19FN4O2/c1-12-13(2)24-19(15-5-4-8-22-10-15)25-18(12)23-11-16-9-14(20(26)27-3)6-7-17(16)21/h4-10H,11H2,1-3H3,(H,23,24,25). The Labute approximate surface area is 156 Å². The molecule has 0 aliphatic rings. The van der Waals surface area contributed by atoms with Crippen molar-refractivity contribution in [3.8, 4) is 11.4 Å². The molecular formula is C20H19FN4O2. The van der Waals surface area contributed by atoms with Crippen molar-refractivity contribution in [1.82, 2.24) is 15.0 Å². The first-order valence-electron chi connectivity index (χ1n) is 8.36. The summed E-state index contributed by atoms with van der Waals surface area (Å²) in [5, 5.41) is 3.14. The van der Waals surface area contributed by atoms with Gasteiger partial charge in [-0.3, -0.25) is 4.98 Å². The Balaban J connectivity index is 1.88. The lowest BCUT2D eigenvalue weighted by Crippen LogP contribution is -2.09. The fraction of sp³-hybridized carbons (Fsp3) is 0.200. The average molecular weight is 366 g/mol. The second-order valence-electron chi connectivity index (χ2n) is 6.00. The molecule has 3 rings (SSSR count). The van der Waals surface area contributed by atoms with E-state index in [0.717, 1.165) is 16.8 Å². The van der Waals surface area contributed by atoms with E-state index < -0.39 is 11.8 Å². The number of carbonyl (C=O) groups excluding carboxylic acids is 1. The van der Waals surface area contributed by atoms with E-state index in [0.29, 0.717) is 22.8 Å².